The molecule has 0 aliphatic carbocycles. The Morgan fingerprint density at radius 3 is 1.38 bits per heavy atom. The normalized spacial score (nSPS) is 11.9. The van der Waals surface area contributed by atoms with E-state index in [0.29, 0.717) is 0 Å². The van der Waals surface area contributed by atoms with Gasteiger partial charge in [-0.15, -0.1) is 0 Å². The zero-order valence-corrected chi connectivity index (χ0v) is 30.4. The van der Waals surface area contributed by atoms with E-state index in [1.165, 1.54) is 75.8 Å². The lowest BCUT2D eigenvalue weighted by atomic mass is 9.86. The van der Waals surface area contributed by atoms with Crippen LogP contribution >= 0.6 is 0 Å². The number of aromatic nitrogens is 2. The molecule has 258 valence electrons. The van der Waals surface area contributed by atoms with Gasteiger partial charge in [-0.25, -0.2) is 9.97 Å². The fraction of sp³-hybridized carbons (Fsp3) is 0. The summed E-state index contributed by atoms with van der Waals surface area (Å²) in [6.07, 6.45) is 0. The molecule has 1 aromatic heterocycles. The molecule has 0 amide bonds. The first-order valence-electron chi connectivity index (χ1n) is 19.3. The van der Waals surface area contributed by atoms with E-state index in [0.717, 1.165) is 44.3 Å². The minimum atomic E-state index is 0.731. The van der Waals surface area contributed by atoms with Crippen molar-refractivity contribution in [3.63, 3.8) is 0 Å². The van der Waals surface area contributed by atoms with Gasteiger partial charge in [-0.05, 0) is 98.7 Å². The van der Waals surface area contributed by atoms with Crippen molar-refractivity contribution in [2.24, 2.45) is 0 Å². The van der Waals surface area contributed by atoms with Gasteiger partial charge in [0.05, 0.1) is 11.2 Å². The third-order valence-corrected chi connectivity index (χ3v) is 11.8. The van der Waals surface area contributed by atoms with Crippen LogP contribution < -0.4 is 0 Å². The Bertz CT molecular complexity index is 3530. The summed E-state index contributed by atoms with van der Waals surface area (Å²) in [4.78, 5) is 10.7. The summed E-state index contributed by atoms with van der Waals surface area (Å²) in [5.41, 5.74) is 6.40. The molecule has 2 nitrogen and oxygen atoms in total. The molecule has 56 heavy (non-hydrogen) atoms. The standard InChI is InChI=1S/C54H32N2/c1-2-14-35(15-3-1)53-46-24-10-11-27-48(46)55-54(56-53)52-44-22-8-6-20-42(44)49(43-21-7-9-23-45(43)52)36-30-31-39-41-26-13-17-34-29-28-33-16-12-25-40(50(33)51(34)41)37-18-4-5-19-38(37)47(39)32-36/h1-32H. The number of para-hydroxylation sites is 1. The Morgan fingerprint density at radius 2 is 0.750 bits per heavy atom. The summed E-state index contributed by atoms with van der Waals surface area (Å²) >= 11 is 0. The summed E-state index contributed by atoms with van der Waals surface area (Å²) in [7, 11) is 0. The monoisotopic (exact) mass is 708 g/mol. The molecule has 0 aliphatic heterocycles. The van der Waals surface area contributed by atoms with Crippen LogP contribution in [0, 0.1) is 0 Å². The van der Waals surface area contributed by atoms with Crippen LogP contribution in [0.15, 0.2) is 194 Å². The van der Waals surface area contributed by atoms with Gasteiger partial charge >= 0.3 is 0 Å². The lowest BCUT2D eigenvalue weighted by Crippen LogP contribution is -1.98. The third-order valence-electron chi connectivity index (χ3n) is 11.8. The van der Waals surface area contributed by atoms with Gasteiger partial charge in [0, 0.05) is 16.5 Å². The van der Waals surface area contributed by atoms with Crippen molar-refractivity contribution in [2.75, 3.05) is 0 Å². The number of benzene rings is 10. The molecule has 2 heteroatoms. The molecule has 0 saturated carbocycles. The van der Waals surface area contributed by atoms with Crippen molar-refractivity contribution in [2.45, 2.75) is 0 Å². The van der Waals surface area contributed by atoms with Crippen molar-refractivity contribution >= 4 is 86.3 Å². The maximum Gasteiger partial charge on any atom is 0.161 e. The second kappa shape index (κ2) is 12.0. The SMILES string of the molecule is c1ccc(-c2nc(-c3c4ccccc4c(-c4ccc5c(c4)c4ccccc4c4cccc6ccc7cccc5c7c64)c4ccccc34)nc3ccccc23)cc1. The minimum Gasteiger partial charge on any atom is -0.228 e. The second-order valence-electron chi connectivity index (χ2n) is 14.8. The van der Waals surface area contributed by atoms with Gasteiger partial charge in [0.15, 0.2) is 5.82 Å². The van der Waals surface area contributed by atoms with Crippen LogP contribution in [0.3, 0.4) is 0 Å². The first-order valence-corrected chi connectivity index (χ1v) is 19.3. The van der Waals surface area contributed by atoms with Crippen molar-refractivity contribution in [3.05, 3.63) is 194 Å². The number of rotatable bonds is 3. The van der Waals surface area contributed by atoms with Gasteiger partial charge in [0.2, 0.25) is 0 Å². The van der Waals surface area contributed by atoms with Gasteiger partial charge in [-0.2, -0.15) is 0 Å². The second-order valence-corrected chi connectivity index (χ2v) is 14.8. The summed E-state index contributed by atoms with van der Waals surface area (Å²) in [6, 6.07) is 70.5. The molecule has 0 unspecified atom stereocenters. The Morgan fingerprint density at radius 1 is 0.268 bits per heavy atom. The molecule has 12 rings (SSSR count). The summed E-state index contributed by atoms with van der Waals surface area (Å²) in [6.45, 7) is 0. The predicted molar refractivity (Wildman–Crippen MR) is 238 cm³/mol. The molecule has 0 aliphatic rings. The summed E-state index contributed by atoms with van der Waals surface area (Å²) in [5, 5.41) is 18.3. The number of hydrogen-bond acceptors (Lipinski definition) is 2. The van der Waals surface area contributed by atoms with Gasteiger partial charge in [0.25, 0.3) is 0 Å². The average Bonchev–Trinajstić information content (AvgIpc) is 3.27. The highest BCUT2D eigenvalue weighted by Crippen LogP contribution is 2.46. The van der Waals surface area contributed by atoms with Crippen molar-refractivity contribution < 1.29 is 0 Å². The number of nitrogens with zero attached hydrogens (tertiary/aromatic N) is 2. The largest absolute Gasteiger partial charge is 0.228 e. The maximum atomic E-state index is 5.39. The molecule has 0 radical (unpaired) electrons. The molecule has 1 heterocycles. The maximum absolute atomic E-state index is 5.39. The van der Waals surface area contributed by atoms with Crippen LogP contribution in [0.2, 0.25) is 0 Å². The first kappa shape index (κ1) is 31.0. The van der Waals surface area contributed by atoms with E-state index >= 15 is 0 Å². The van der Waals surface area contributed by atoms with Crippen LogP contribution in [-0.2, 0) is 0 Å². The van der Waals surface area contributed by atoms with E-state index in [1.807, 2.05) is 0 Å². The molecule has 0 atom stereocenters. The van der Waals surface area contributed by atoms with Crippen LogP contribution in [-0.4, -0.2) is 9.97 Å². The Kier molecular flexibility index (Phi) is 6.66. The van der Waals surface area contributed by atoms with Gasteiger partial charge < -0.3 is 0 Å². The average molecular weight is 709 g/mol. The van der Waals surface area contributed by atoms with Crippen LogP contribution in [0.25, 0.3) is 120 Å². The van der Waals surface area contributed by atoms with E-state index in [9.17, 15) is 0 Å². The molecular formula is C54H32N2. The fourth-order valence-corrected chi connectivity index (χ4v) is 9.40. The molecule has 11 aromatic carbocycles. The predicted octanol–water partition coefficient (Wildman–Crippen LogP) is 14.7. The quantitative estimate of drug-likeness (QED) is 0.135. The van der Waals surface area contributed by atoms with Gasteiger partial charge in [-0.1, -0.05) is 182 Å². The molecule has 0 fully saturated rings. The lowest BCUT2D eigenvalue weighted by molar-refractivity contribution is 1.24. The molecule has 12 aromatic rings. The molecule has 0 N–H and O–H groups in total. The smallest absolute Gasteiger partial charge is 0.161 e. The third kappa shape index (κ3) is 4.50. The lowest BCUT2D eigenvalue weighted by Gasteiger charge is -2.18. The van der Waals surface area contributed by atoms with Gasteiger partial charge in [0.1, 0.15) is 0 Å². The minimum absolute atomic E-state index is 0.731. The molecule has 0 bridgehead atoms. The van der Waals surface area contributed by atoms with Crippen LogP contribution in [0.4, 0.5) is 0 Å². The van der Waals surface area contributed by atoms with E-state index < -0.39 is 0 Å². The summed E-state index contributed by atoms with van der Waals surface area (Å²) < 4.78 is 0. The molecule has 0 saturated heterocycles. The zero-order chi connectivity index (χ0) is 36.7. The highest BCUT2D eigenvalue weighted by atomic mass is 14.9. The zero-order valence-electron chi connectivity index (χ0n) is 30.4. The topological polar surface area (TPSA) is 25.8 Å². The first-order chi connectivity index (χ1) is 27.8. The Balaban J connectivity index is 1.20. The fourth-order valence-electron chi connectivity index (χ4n) is 9.40. The van der Waals surface area contributed by atoms with E-state index in [2.05, 4.69) is 194 Å². The van der Waals surface area contributed by atoms with E-state index in [-0.39, 0.29) is 0 Å². The summed E-state index contributed by atoms with van der Waals surface area (Å²) in [5.74, 6) is 0.731. The number of fused-ring (bicyclic) bond motifs is 8. The Hall–Kier alpha value is -7.42. The number of hydrogen-bond donors (Lipinski definition) is 0. The Labute approximate surface area is 322 Å². The highest BCUT2D eigenvalue weighted by molar-refractivity contribution is 6.33. The highest BCUT2D eigenvalue weighted by Gasteiger charge is 2.21. The van der Waals surface area contributed by atoms with Crippen LogP contribution in [0.1, 0.15) is 0 Å². The van der Waals surface area contributed by atoms with Gasteiger partial charge in [-0.3, -0.25) is 0 Å². The van der Waals surface area contributed by atoms with Crippen molar-refractivity contribution in [3.8, 4) is 33.8 Å². The van der Waals surface area contributed by atoms with Crippen molar-refractivity contribution in [1.29, 1.82) is 0 Å². The van der Waals surface area contributed by atoms with E-state index in [4.69, 9.17) is 9.97 Å². The van der Waals surface area contributed by atoms with Crippen LogP contribution in [0.5, 0.6) is 0 Å². The molecule has 0 spiro atoms. The van der Waals surface area contributed by atoms with E-state index in [1.54, 1.807) is 0 Å². The van der Waals surface area contributed by atoms with Crippen molar-refractivity contribution in [1.82, 2.24) is 9.97 Å². The molecular weight excluding hydrogens is 677 g/mol.